The highest BCUT2D eigenvalue weighted by Crippen LogP contribution is 2.35. The van der Waals surface area contributed by atoms with Gasteiger partial charge in [0.2, 0.25) is 0 Å². The Morgan fingerprint density at radius 1 is 1.11 bits per heavy atom. The Labute approximate surface area is 215 Å². The highest BCUT2D eigenvalue weighted by Gasteiger charge is 2.34. The van der Waals surface area contributed by atoms with E-state index in [-0.39, 0.29) is 5.82 Å². The summed E-state index contributed by atoms with van der Waals surface area (Å²) in [6.07, 6.45) is 7.18. The van der Waals surface area contributed by atoms with Crippen LogP contribution in [-0.2, 0) is 13.1 Å². The van der Waals surface area contributed by atoms with Crippen molar-refractivity contribution in [1.29, 1.82) is 0 Å². The van der Waals surface area contributed by atoms with Crippen LogP contribution in [0.3, 0.4) is 0 Å². The third-order valence-corrected chi connectivity index (χ3v) is 7.33. The number of fused-ring (bicyclic) bond motifs is 2. The van der Waals surface area contributed by atoms with E-state index in [4.69, 9.17) is 0 Å². The Hall–Kier alpha value is -3.53. The van der Waals surface area contributed by atoms with Crippen molar-refractivity contribution >= 4 is 22.8 Å². The number of rotatable bonds is 6. The maximum Gasteiger partial charge on any atom is 0.140 e. The predicted octanol–water partition coefficient (Wildman–Crippen LogP) is 3.78. The van der Waals surface area contributed by atoms with Crippen LogP contribution in [0.15, 0.2) is 55.0 Å². The average molecular weight is 502 g/mol. The van der Waals surface area contributed by atoms with Crippen LogP contribution in [0.4, 0.5) is 21.6 Å². The summed E-state index contributed by atoms with van der Waals surface area (Å²) >= 11 is 0. The van der Waals surface area contributed by atoms with Gasteiger partial charge < -0.3 is 25.5 Å². The summed E-state index contributed by atoms with van der Waals surface area (Å²) in [5.41, 5.74) is 6.36. The highest BCUT2D eigenvalue weighted by molar-refractivity contribution is 5.75. The van der Waals surface area contributed by atoms with Crippen LogP contribution < -0.4 is 15.5 Å². The van der Waals surface area contributed by atoms with Gasteiger partial charge in [0.15, 0.2) is 0 Å². The molecule has 1 fully saturated rings. The Bertz CT molecular complexity index is 1430. The fourth-order valence-corrected chi connectivity index (χ4v) is 5.76. The maximum atomic E-state index is 13.6. The van der Waals surface area contributed by atoms with Gasteiger partial charge in [-0.05, 0) is 62.3 Å². The number of aliphatic hydroxyl groups is 1. The molecule has 0 spiro atoms. The number of aromatic nitrogens is 3. The fourth-order valence-electron chi connectivity index (χ4n) is 5.76. The second-order valence-corrected chi connectivity index (χ2v) is 10.5. The van der Waals surface area contributed by atoms with Crippen LogP contribution in [0.25, 0.3) is 16.9 Å². The number of likely N-dealkylation sites (N-methyl/N-ethyl adjacent to an activating group) is 1. The lowest BCUT2D eigenvalue weighted by atomic mass is 9.92. The number of hydrogen-bond acceptors (Lipinski definition) is 7. The molecule has 0 saturated carbocycles. The lowest BCUT2D eigenvalue weighted by Gasteiger charge is -2.41. The molecule has 3 N–H and O–H groups in total. The SMILES string of the molecule is CN(C)C[C@]1(O)CCCN(c2ccc(Nc3ccc(-c4cnc5cc(F)ccn45)c4c3CNC4)nc2)C1. The van der Waals surface area contributed by atoms with Crippen LogP contribution in [0.2, 0.25) is 0 Å². The van der Waals surface area contributed by atoms with E-state index in [1.54, 1.807) is 12.4 Å². The Balaban J connectivity index is 1.23. The molecule has 37 heavy (non-hydrogen) atoms. The number of benzene rings is 1. The summed E-state index contributed by atoms with van der Waals surface area (Å²) in [5, 5.41) is 18.0. The third-order valence-electron chi connectivity index (χ3n) is 7.33. The van der Waals surface area contributed by atoms with E-state index in [1.165, 1.54) is 23.3 Å². The molecule has 8 nitrogen and oxygen atoms in total. The van der Waals surface area contributed by atoms with Crippen molar-refractivity contribution in [3.05, 3.63) is 71.9 Å². The molecule has 1 saturated heterocycles. The lowest BCUT2D eigenvalue weighted by Crippen LogP contribution is -2.53. The molecule has 192 valence electrons. The first-order valence-corrected chi connectivity index (χ1v) is 12.7. The Morgan fingerprint density at radius 2 is 1.97 bits per heavy atom. The zero-order valence-corrected chi connectivity index (χ0v) is 21.2. The minimum absolute atomic E-state index is 0.292. The first-order valence-electron chi connectivity index (χ1n) is 12.7. The van der Waals surface area contributed by atoms with Crippen molar-refractivity contribution in [3.63, 3.8) is 0 Å². The molecule has 5 heterocycles. The second kappa shape index (κ2) is 9.41. The van der Waals surface area contributed by atoms with Crippen molar-refractivity contribution < 1.29 is 9.50 Å². The Kier molecular flexibility index (Phi) is 6.06. The van der Waals surface area contributed by atoms with Crippen molar-refractivity contribution in [3.8, 4) is 11.3 Å². The van der Waals surface area contributed by atoms with E-state index in [0.29, 0.717) is 18.7 Å². The normalized spacial score (nSPS) is 19.5. The first-order chi connectivity index (χ1) is 17.9. The van der Waals surface area contributed by atoms with Gasteiger partial charge in [0.1, 0.15) is 17.3 Å². The molecular weight excluding hydrogens is 469 g/mol. The molecule has 0 bridgehead atoms. The standard InChI is InChI=1S/C28H32FN7O/c1-34(2)17-28(37)9-3-10-35(18-28)20-4-7-26(31-13-20)33-24-6-5-21(22-14-30-15-23(22)24)25-16-32-27-12-19(29)8-11-36(25)27/h4-8,11-13,16,30,37H,3,9-10,14-15,17-18H2,1-2H3,(H,31,33)/t28-/m1/s1. The van der Waals surface area contributed by atoms with Crippen LogP contribution in [0.5, 0.6) is 0 Å². The first kappa shape index (κ1) is 23.8. The van der Waals surface area contributed by atoms with Gasteiger partial charge in [-0.15, -0.1) is 0 Å². The van der Waals surface area contributed by atoms with E-state index < -0.39 is 5.60 Å². The number of imidazole rings is 1. The van der Waals surface area contributed by atoms with E-state index >= 15 is 0 Å². The minimum Gasteiger partial charge on any atom is -0.387 e. The number of hydrogen-bond donors (Lipinski definition) is 3. The minimum atomic E-state index is -0.705. The number of halogens is 1. The third kappa shape index (κ3) is 4.66. The monoisotopic (exact) mass is 501 g/mol. The largest absolute Gasteiger partial charge is 0.387 e. The predicted molar refractivity (Wildman–Crippen MR) is 144 cm³/mol. The molecule has 0 radical (unpaired) electrons. The van der Waals surface area contributed by atoms with E-state index in [0.717, 1.165) is 60.9 Å². The van der Waals surface area contributed by atoms with Crippen molar-refractivity contribution in [2.45, 2.75) is 31.5 Å². The summed E-state index contributed by atoms with van der Waals surface area (Å²) < 4.78 is 15.6. The molecule has 4 aromatic rings. The molecule has 0 unspecified atom stereocenters. The van der Waals surface area contributed by atoms with Gasteiger partial charge in [-0.2, -0.15) is 0 Å². The molecule has 6 rings (SSSR count). The van der Waals surface area contributed by atoms with E-state index in [2.05, 4.69) is 43.7 Å². The highest BCUT2D eigenvalue weighted by atomic mass is 19.1. The second-order valence-electron chi connectivity index (χ2n) is 10.5. The van der Waals surface area contributed by atoms with Gasteiger partial charge in [0.25, 0.3) is 0 Å². The van der Waals surface area contributed by atoms with Crippen LogP contribution in [0, 0.1) is 5.82 Å². The smallest absolute Gasteiger partial charge is 0.140 e. The Morgan fingerprint density at radius 3 is 2.78 bits per heavy atom. The van der Waals surface area contributed by atoms with Gasteiger partial charge in [0.05, 0.1) is 29.4 Å². The number of piperidine rings is 1. The van der Waals surface area contributed by atoms with Gasteiger partial charge >= 0.3 is 0 Å². The maximum absolute atomic E-state index is 13.6. The van der Waals surface area contributed by atoms with Gasteiger partial charge in [-0.3, -0.25) is 4.40 Å². The lowest BCUT2D eigenvalue weighted by molar-refractivity contribution is 0.00369. The zero-order chi connectivity index (χ0) is 25.6. The molecule has 9 heteroatoms. The number of pyridine rings is 2. The number of β-amino-alcohol motifs (C(OH)–C–C–N with tert-alkyl or cyclic N) is 1. The molecule has 1 aromatic carbocycles. The van der Waals surface area contributed by atoms with Crippen LogP contribution in [-0.4, -0.2) is 63.7 Å². The molecule has 3 aromatic heterocycles. The number of nitrogens with zero attached hydrogens (tertiary/aromatic N) is 5. The topological polar surface area (TPSA) is 81.0 Å². The van der Waals surface area contributed by atoms with Crippen LogP contribution in [0.1, 0.15) is 24.0 Å². The summed E-state index contributed by atoms with van der Waals surface area (Å²) in [5.74, 6) is 0.482. The molecular formula is C28H32FN7O. The molecule has 1 atom stereocenters. The van der Waals surface area contributed by atoms with Gasteiger partial charge in [-0.1, -0.05) is 6.07 Å². The molecule has 0 amide bonds. The fraction of sp³-hybridized carbons (Fsp3) is 0.357. The van der Waals surface area contributed by atoms with Gasteiger partial charge in [0, 0.05) is 56.2 Å². The van der Waals surface area contributed by atoms with Gasteiger partial charge in [-0.25, -0.2) is 14.4 Å². The van der Waals surface area contributed by atoms with E-state index in [9.17, 15) is 9.50 Å². The van der Waals surface area contributed by atoms with Crippen molar-refractivity contribution in [2.24, 2.45) is 0 Å². The quantitative estimate of drug-likeness (QED) is 0.371. The average Bonchev–Trinajstić information content (AvgIpc) is 3.52. The van der Waals surface area contributed by atoms with Crippen molar-refractivity contribution in [2.75, 3.05) is 43.9 Å². The summed E-state index contributed by atoms with van der Waals surface area (Å²) in [4.78, 5) is 13.4. The van der Waals surface area contributed by atoms with E-state index in [1.807, 2.05) is 35.7 Å². The molecule has 2 aliphatic rings. The molecule has 0 aliphatic carbocycles. The number of anilines is 3. The summed E-state index contributed by atoms with van der Waals surface area (Å²) in [7, 11) is 3.99. The number of nitrogens with one attached hydrogen (secondary N) is 2. The van der Waals surface area contributed by atoms with Crippen LogP contribution >= 0.6 is 0 Å². The summed E-state index contributed by atoms with van der Waals surface area (Å²) in [6.45, 7) is 3.69. The summed E-state index contributed by atoms with van der Waals surface area (Å²) in [6, 6.07) is 11.1. The molecule has 2 aliphatic heterocycles. The zero-order valence-electron chi connectivity index (χ0n) is 21.2. The van der Waals surface area contributed by atoms with Crippen molar-refractivity contribution in [1.82, 2.24) is 24.6 Å².